The topological polar surface area (TPSA) is 53.8 Å². The monoisotopic (exact) mass is 468 g/mol. The van der Waals surface area contributed by atoms with Gasteiger partial charge in [0.15, 0.2) is 0 Å². The minimum absolute atomic E-state index is 0.0839. The molecule has 1 saturated heterocycles. The lowest BCUT2D eigenvalue weighted by atomic mass is 10.0. The number of piperazine rings is 1. The Hall–Kier alpha value is -2.44. The minimum atomic E-state index is -0.339. The molecule has 0 unspecified atom stereocenters. The maximum atomic E-state index is 12.8. The number of amides is 1. The van der Waals surface area contributed by atoms with E-state index in [1.807, 2.05) is 47.4 Å². The summed E-state index contributed by atoms with van der Waals surface area (Å²) in [6, 6.07) is 15.3. The lowest BCUT2D eigenvalue weighted by Crippen LogP contribution is -2.48. The summed E-state index contributed by atoms with van der Waals surface area (Å²) >= 11 is 3.42. The maximum Gasteiger partial charge on any atom is 0.336 e. The molecule has 2 aromatic carbocycles. The second-order valence-electron chi connectivity index (χ2n) is 8.08. The molecule has 30 heavy (non-hydrogen) atoms. The Bertz CT molecular complexity index is 1110. The predicted molar refractivity (Wildman–Crippen MR) is 122 cm³/mol. The molecule has 0 spiro atoms. The van der Waals surface area contributed by atoms with E-state index < -0.39 is 0 Å². The van der Waals surface area contributed by atoms with E-state index >= 15 is 0 Å². The summed E-state index contributed by atoms with van der Waals surface area (Å²) in [6.07, 6.45) is 0. The lowest BCUT2D eigenvalue weighted by Gasteiger charge is -2.35. The van der Waals surface area contributed by atoms with Crippen molar-refractivity contribution in [3.8, 4) is 0 Å². The molecule has 1 fully saturated rings. The number of rotatable bonds is 4. The molecule has 2 heterocycles. The Morgan fingerprint density at radius 2 is 1.73 bits per heavy atom. The Labute approximate surface area is 184 Å². The van der Waals surface area contributed by atoms with E-state index in [0.717, 1.165) is 34.1 Å². The largest absolute Gasteiger partial charge is 0.423 e. The third-order valence-electron chi connectivity index (χ3n) is 5.67. The molecule has 1 aromatic heterocycles. The van der Waals surface area contributed by atoms with Crippen LogP contribution in [0.15, 0.2) is 62.2 Å². The lowest BCUT2D eigenvalue weighted by molar-refractivity contribution is 0.0629. The molecule has 156 valence electrons. The molecule has 0 radical (unpaired) electrons. The molecule has 0 aliphatic carbocycles. The van der Waals surface area contributed by atoms with Gasteiger partial charge in [0.25, 0.3) is 5.91 Å². The van der Waals surface area contributed by atoms with Crippen LogP contribution >= 0.6 is 15.9 Å². The number of hydrogen-bond acceptors (Lipinski definition) is 4. The smallest absolute Gasteiger partial charge is 0.336 e. The van der Waals surface area contributed by atoms with Crippen molar-refractivity contribution < 1.29 is 9.21 Å². The van der Waals surface area contributed by atoms with Crippen LogP contribution in [0.25, 0.3) is 11.0 Å². The van der Waals surface area contributed by atoms with E-state index in [2.05, 4.69) is 34.7 Å². The third kappa shape index (κ3) is 4.50. The molecular formula is C24H25BrN2O3. The van der Waals surface area contributed by atoms with Crippen LogP contribution in [-0.4, -0.2) is 41.9 Å². The Morgan fingerprint density at radius 1 is 1.03 bits per heavy atom. The summed E-state index contributed by atoms with van der Waals surface area (Å²) in [7, 11) is 0. The first kappa shape index (κ1) is 20.8. The average Bonchev–Trinajstić information content (AvgIpc) is 2.73. The van der Waals surface area contributed by atoms with Crippen LogP contribution in [0.1, 0.15) is 41.3 Å². The van der Waals surface area contributed by atoms with Crippen molar-refractivity contribution in [1.82, 2.24) is 9.80 Å². The van der Waals surface area contributed by atoms with Crippen LogP contribution in [0.2, 0.25) is 0 Å². The molecule has 0 N–H and O–H groups in total. The van der Waals surface area contributed by atoms with Gasteiger partial charge in [-0.1, -0.05) is 41.9 Å². The third-order valence-corrected chi connectivity index (χ3v) is 6.16. The minimum Gasteiger partial charge on any atom is -0.423 e. The van der Waals surface area contributed by atoms with E-state index in [4.69, 9.17) is 4.42 Å². The van der Waals surface area contributed by atoms with E-state index in [-0.39, 0.29) is 11.5 Å². The molecule has 0 atom stereocenters. The predicted octanol–water partition coefficient (Wildman–Crippen LogP) is 4.64. The zero-order valence-corrected chi connectivity index (χ0v) is 18.8. The van der Waals surface area contributed by atoms with Gasteiger partial charge in [0.1, 0.15) is 5.58 Å². The first-order valence-electron chi connectivity index (χ1n) is 10.2. The standard InChI is InChI=1S/C24H25BrN2O3/c1-16(2)17-3-5-18(6-4-17)24(29)27-11-9-26(10-12-27)15-19-13-23(28)30-22-14-20(25)7-8-21(19)22/h3-8,13-14,16H,9-12,15H2,1-2H3. The van der Waals surface area contributed by atoms with Crippen LogP contribution < -0.4 is 5.63 Å². The Morgan fingerprint density at radius 3 is 2.40 bits per heavy atom. The van der Waals surface area contributed by atoms with E-state index in [0.29, 0.717) is 31.1 Å². The molecular weight excluding hydrogens is 444 g/mol. The van der Waals surface area contributed by atoms with Crippen molar-refractivity contribution in [2.24, 2.45) is 0 Å². The highest BCUT2D eigenvalue weighted by atomic mass is 79.9. The van der Waals surface area contributed by atoms with Gasteiger partial charge in [-0.25, -0.2) is 4.79 Å². The first-order valence-corrected chi connectivity index (χ1v) is 11.0. The zero-order valence-electron chi connectivity index (χ0n) is 17.2. The van der Waals surface area contributed by atoms with Crippen LogP contribution in [0.5, 0.6) is 0 Å². The molecule has 0 bridgehead atoms. The number of fused-ring (bicyclic) bond motifs is 1. The number of benzene rings is 2. The van der Waals surface area contributed by atoms with Crippen molar-refractivity contribution in [2.75, 3.05) is 26.2 Å². The average molecular weight is 469 g/mol. The van der Waals surface area contributed by atoms with Gasteiger partial charge in [-0.05, 0) is 47.4 Å². The highest BCUT2D eigenvalue weighted by Crippen LogP contribution is 2.23. The molecule has 3 aromatic rings. The van der Waals surface area contributed by atoms with Crippen molar-refractivity contribution in [3.63, 3.8) is 0 Å². The summed E-state index contributed by atoms with van der Waals surface area (Å²) < 4.78 is 6.21. The highest BCUT2D eigenvalue weighted by Gasteiger charge is 2.23. The molecule has 6 heteroatoms. The van der Waals surface area contributed by atoms with Crippen molar-refractivity contribution >= 4 is 32.8 Å². The van der Waals surface area contributed by atoms with Crippen molar-refractivity contribution in [2.45, 2.75) is 26.3 Å². The van der Waals surface area contributed by atoms with Crippen molar-refractivity contribution in [3.05, 3.63) is 80.1 Å². The van der Waals surface area contributed by atoms with Crippen LogP contribution in [-0.2, 0) is 6.54 Å². The number of nitrogens with zero attached hydrogens (tertiary/aromatic N) is 2. The molecule has 1 amide bonds. The van der Waals surface area contributed by atoms with Crippen LogP contribution in [0.4, 0.5) is 0 Å². The fourth-order valence-corrected chi connectivity index (χ4v) is 4.22. The normalized spacial score (nSPS) is 15.1. The number of carbonyl (C=O) groups excluding carboxylic acids is 1. The summed E-state index contributed by atoms with van der Waals surface area (Å²) in [5.74, 6) is 0.538. The van der Waals surface area contributed by atoms with Gasteiger partial charge in [0, 0.05) is 54.2 Å². The summed E-state index contributed by atoms with van der Waals surface area (Å²) in [4.78, 5) is 29.0. The highest BCUT2D eigenvalue weighted by molar-refractivity contribution is 9.10. The number of hydrogen-bond donors (Lipinski definition) is 0. The zero-order chi connectivity index (χ0) is 21.3. The number of halogens is 1. The summed E-state index contributed by atoms with van der Waals surface area (Å²) in [5.41, 5.74) is 3.19. The Balaban J connectivity index is 1.42. The van der Waals surface area contributed by atoms with Gasteiger partial charge in [-0.15, -0.1) is 0 Å². The van der Waals surface area contributed by atoms with E-state index in [1.54, 1.807) is 6.07 Å². The number of carbonyl (C=O) groups is 1. The fraction of sp³-hybridized carbons (Fsp3) is 0.333. The van der Waals surface area contributed by atoms with E-state index in [1.165, 1.54) is 5.56 Å². The second-order valence-corrected chi connectivity index (χ2v) is 8.99. The molecule has 0 saturated carbocycles. The van der Waals surface area contributed by atoms with Crippen LogP contribution in [0.3, 0.4) is 0 Å². The second kappa shape index (κ2) is 8.74. The molecule has 5 nitrogen and oxygen atoms in total. The molecule has 1 aliphatic rings. The summed E-state index contributed by atoms with van der Waals surface area (Å²) in [6.45, 7) is 7.85. The molecule has 1 aliphatic heterocycles. The van der Waals surface area contributed by atoms with Gasteiger partial charge in [0.2, 0.25) is 0 Å². The van der Waals surface area contributed by atoms with Gasteiger partial charge < -0.3 is 9.32 Å². The van der Waals surface area contributed by atoms with Gasteiger partial charge in [0.05, 0.1) is 0 Å². The van der Waals surface area contributed by atoms with E-state index in [9.17, 15) is 9.59 Å². The van der Waals surface area contributed by atoms with Gasteiger partial charge >= 0.3 is 5.63 Å². The SMILES string of the molecule is CC(C)c1ccc(C(=O)N2CCN(Cc3cc(=O)oc4cc(Br)ccc34)CC2)cc1. The Kier molecular flexibility index (Phi) is 6.06. The van der Waals surface area contributed by atoms with Gasteiger partial charge in [-0.2, -0.15) is 0 Å². The fourth-order valence-electron chi connectivity index (χ4n) is 3.88. The first-order chi connectivity index (χ1) is 14.4. The van der Waals surface area contributed by atoms with Crippen LogP contribution in [0, 0.1) is 0 Å². The quantitative estimate of drug-likeness (QED) is 0.523. The maximum absolute atomic E-state index is 12.8. The summed E-state index contributed by atoms with van der Waals surface area (Å²) in [5, 5.41) is 0.946. The van der Waals surface area contributed by atoms with Crippen molar-refractivity contribution in [1.29, 1.82) is 0 Å². The van der Waals surface area contributed by atoms with Gasteiger partial charge in [-0.3, -0.25) is 9.69 Å². The molecule has 4 rings (SSSR count).